The van der Waals surface area contributed by atoms with Gasteiger partial charge in [0.15, 0.2) is 6.61 Å². The van der Waals surface area contributed by atoms with Crippen LogP contribution in [0.2, 0.25) is 0 Å². The first kappa shape index (κ1) is 17.7. The average molecular weight is 330 g/mol. The second-order valence-electron chi connectivity index (χ2n) is 5.79. The van der Waals surface area contributed by atoms with Gasteiger partial charge in [0, 0.05) is 23.2 Å². The first-order valence-corrected chi connectivity index (χ1v) is 7.91. The highest BCUT2D eigenvalue weighted by atomic mass is 16.5. The van der Waals surface area contributed by atoms with E-state index in [2.05, 4.69) is 17.5 Å². The molecule has 1 aromatic carbocycles. The van der Waals surface area contributed by atoms with Crippen LogP contribution in [-0.4, -0.2) is 18.2 Å². The van der Waals surface area contributed by atoms with Crippen molar-refractivity contribution in [3.8, 4) is 5.75 Å². The highest BCUT2D eigenvalue weighted by Gasteiger charge is 2.07. The summed E-state index contributed by atoms with van der Waals surface area (Å²) in [6, 6.07) is 6.57. The smallest absolute Gasteiger partial charge is 0.336 e. The Hall–Kier alpha value is -2.63. The summed E-state index contributed by atoms with van der Waals surface area (Å²) < 4.78 is 10.6. The van der Waals surface area contributed by atoms with Crippen LogP contribution < -0.4 is 15.8 Å². The number of rotatable bonds is 6. The van der Waals surface area contributed by atoms with Gasteiger partial charge in [-0.05, 0) is 43.9 Å². The van der Waals surface area contributed by atoms with Crippen LogP contribution in [0.5, 0.6) is 5.75 Å². The van der Waals surface area contributed by atoms with Crippen molar-refractivity contribution >= 4 is 22.6 Å². The number of hydrogen-bond donors (Lipinski definition) is 1. The topological polar surface area (TPSA) is 80.9 Å². The summed E-state index contributed by atoms with van der Waals surface area (Å²) in [4.78, 5) is 23.2. The Morgan fingerprint density at radius 1 is 1.38 bits per heavy atom. The molecule has 1 aromatic heterocycles. The molecule has 2 aromatic rings. The average Bonchev–Trinajstić information content (AvgIpc) is 2.56. The van der Waals surface area contributed by atoms with E-state index in [1.165, 1.54) is 6.07 Å². The molecule has 1 atom stereocenters. The molecule has 0 spiro atoms. The van der Waals surface area contributed by atoms with Gasteiger partial charge < -0.3 is 9.15 Å². The second kappa shape index (κ2) is 7.77. The summed E-state index contributed by atoms with van der Waals surface area (Å²) in [6.45, 7) is 7.66. The van der Waals surface area contributed by atoms with Crippen LogP contribution in [0, 0.1) is 12.8 Å². The van der Waals surface area contributed by atoms with E-state index in [-0.39, 0.29) is 12.5 Å². The molecular weight excluding hydrogens is 308 g/mol. The van der Waals surface area contributed by atoms with Crippen LogP contribution in [0.25, 0.3) is 11.0 Å². The minimum atomic E-state index is -0.412. The lowest BCUT2D eigenvalue weighted by Crippen LogP contribution is -2.26. The van der Waals surface area contributed by atoms with Gasteiger partial charge >= 0.3 is 5.63 Å². The zero-order chi connectivity index (χ0) is 17.7. The van der Waals surface area contributed by atoms with E-state index in [1.54, 1.807) is 18.2 Å². The molecule has 0 radical (unpaired) electrons. The molecule has 2 rings (SSSR count). The Kier molecular flexibility index (Phi) is 5.73. The van der Waals surface area contributed by atoms with Gasteiger partial charge in [-0.15, -0.1) is 0 Å². The van der Waals surface area contributed by atoms with Crippen LogP contribution in [0.1, 0.15) is 32.8 Å². The van der Waals surface area contributed by atoms with Gasteiger partial charge in [-0.2, -0.15) is 5.10 Å². The third kappa shape index (κ3) is 4.44. The maximum Gasteiger partial charge on any atom is 0.336 e. The van der Waals surface area contributed by atoms with Gasteiger partial charge in [-0.3, -0.25) is 4.79 Å². The number of carbonyl (C=O) groups excluding carboxylic acids is 1. The van der Waals surface area contributed by atoms with Crippen LogP contribution in [0.3, 0.4) is 0 Å². The fraction of sp³-hybridized carbons (Fsp3) is 0.389. The Balaban J connectivity index is 2.00. The van der Waals surface area contributed by atoms with E-state index in [1.807, 2.05) is 20.8 Å². The number of nitrogens with zero attached hydrogens (tertiary/aromatic N) is 1. The molecule has 0 saturated carbocycles. The molecule has 1 N–H and O–H groups in total. The first-order valence-electron chi connectivity index (χ1n) is 7.91. The van der Waals surface area contributed by atoms with Gasteiger partial charge in [0.25, 0.3) is 5.91 Å². The SMILES string of the molecule is CC[C@@H](C)/C(C)=N\NC(=O)COc1ccc2c(C)cc(=O)oc2c1. The third-order valence-electron chi connectivity index (χ3n) is 3.98. The zero-order valence-electron chi connectivity index (χ0n) is 14.4. The highest BCUT2D eigenvalue weighted by molar-refractivity contribution is 5.86. The maximum atomic E-state index is 11.8. The van der Waals surface area contributed by atoms with E-state index < -0.39 is 5.63 Å². The van der Waals surface area contributed by atoms with Crippen molar-refractivity contribution in [3.05, 3.63) is 40.2 Å². The van der Waals surface area contributed by atoms with Crippen molar-refractivity contribution in [2.75, 3.05) is 6.61 Å². The molecule has 0 unspecified atom stereocenters. The minimum Gasteiger partial charge on any atom is -0.484 e. The van der Waals surface area contributed by atoms with E-state index in [9.17, 15) is 9.59 Å². The van der Waals surface area contributed by atoms with Crippen molar-refractivity contribution in [2.45, 2.75) is 34.1 Å². The quantitative estimate of drug-likeness (QED) is 0.501. The predicted molar refractivity (Wildman–Crippen MR) is 93.4 cm³/mol. The molecule has 0 aliphatic rings. The molecule has 0 saturated heterocycles. The van der Waals surface area contributed by atoms with Crippen molar-refractivity contribution in [1.29, 1.82) is 0 Å². The maximum absolute atomic E-state index is 11.8. The van der Waals surface area contributed by atoms with Crippen molar-refractivity contribution < 1.29 is 13.9 Å². The molecule has 6 heteroatoms. The summed E-state index contributed by atoms with van der Waals surface area (Å²) in [5, 5.41) is 4.89. The zero-order valence-corrected chi connectivity index (χ0v) is 14.4. The molecule has 1 heterocycles. The Morgan fingerprint density at radius 2 is 2.12 bits per heavy atom. The van der Waals surface area contributed by atoms with Crippen LogP contribution >= 0.6 is 0 Å². The van der Waals surface area contributed by atoms with E-state index >= 15 is 0 Å². The molecular formula is C18H22N2O4. The monoisotopic (exact) mass is 330 g/mol. The molecule has 0 aliphatic carbocycles. The number of hydrazone groups is 1. The van der Waals surface area contributed by atoms with Crippen molar-refractivity contribution in [2.24, 2.45) is 11.0 Å². The minimum absolute atomic E-state index is 0.168. The molecule has 1 amide bonds. The number of aryl methyl sites for hydroxylation is 1. The highest BCUT2D eigenvalue weighted by Crippen LogP contribution is 2.22. The Morgan fingerprint density at radius 3 is 2.83 bits per heavy atom. The first-order chi connectivity index (χ1) is 11.4. The summed E-state index contributed by atoms with van der Waals surface area (Å²) in [7, 11) is 0. The summed E-state index contributed by atoms with van der Waals surface area (Å²) >= 11 is 0. The summed E-state index contributed by atoms with van der Waals surface area (Å²) in [5.74, 6) is 0.426. The molecule has 128 valence electrons. The van der Waals surface area contributed by atoms with Crippen LogP contribution in [-0.2, 0) is 4.79 Å². The van der Waals surface area contributed by atoms with Gasteiger partial charge in [0.2, 0.25) is 0 Å². The lowest BCUT2D eigenvalue weighted by Gasteiger charge is -2.09. The van der Waals surface area contributed by atoms with Crippen LogP contribution in [0.15, 0.2) is 38.6 Å². The molecule has 6 nitrogen and oxygen atoms in total. The lowest BCUT2D eigenvalue weighted by atomic mass is 10.1. The number of carbonyl (C=O) groups is 1. The van der Waals surface area contributed by atoms with Crippen molar-refractivity contribution in [3.63, 3.8) is 0 Å². The fourth-order valence-corrected chi connectivity index (χ4v) is 2.13. The summed E-state index contributed by atoms with van der Waals surface area (Å²) in [5.41, 5.74) is 4.20. The molecule has 0 bridgehead atoms. The lowest BCUT2D eigenvalue weighted by molar-refractivity contribution is -0.123. The number of amides is 1. The van der Waals surface area contributed by atoms with Crippen LogP contribution in [0.4, 0.5) is 0 Å². The summed E-state index contributed by atoms with van der Waals surface area (Å²) in [6.07, 6.45) is 0.962. The predicted octanol–water partition coefficient (Wildman–Crippen LogP) is 3.02. The largest absolute Gasteiger partial charge is 0.484 e. The van der Waals surface area contributed by atoms with Gasteiger partial charge in [-0.25, -0.2) is 10.2 Å². The molecule has 24 heavy (non-hydrogen) atoms. The third-order valence-corrected chi connectivity index (χ3v) is 3.98. The van der Waals surface area contributed by atoms with Crippen molar-refractivity contribution in [1.82, 2.24) is 5.43 Å². The second-order valence-corrected chi connectivity index (χ2v) is 5.79. The number of fused-ring (bicyclic) bond motifs is 1. The number of hydrogen-bond acceptors (Lipinski definition) is 5. The molecule has 0 aliphatic heterocycles. The standard InChI is InChI=1S/C18H22N2O4/c1-5-11(2)13(4)19-20-17(21)10-23-14-6-7-15-12(3)8-18(22)24-16(15)9-14/h6-9,11H,5,10H2,1-4H3,(H,20,21)/b19-13-/t11-/m1/s1. The number of benzene rings is 1. The fourth-order valence-electron chi connectivity index (χ4n) is 2.13. The molecule has 0 fully saturated rings. The number of nitrogens with one attached hydrogen (secondary N) is 1. The van der Waals surface area contributed by atoms with E-state index in [0.717, 1.165) is 23.1 Å². The number of ether oxygens (including phenoxy) is 1. The van der Waals surface area contributed by atoms with E-state index in [0.29, 0.717) is 17.3 Å². The normalized spacial score (nSPS) is 12.9. The van der Waals surface area contributed by atoms with Gasteiger partial charge in [0.05, 0.1) is 0 Å². The van der Waals surface area contributed by atoms with Gasteiger partial charge in [0.1, 0.15) is 11.3 Å². The Labute approximate surface area is 140 Å². The van der Waals surface area contributed by atoms with E-state index in [4.69, 9.17) is 9.15 Å². The Bertz CT molecular complexity index is 823. The van der Waals surface area contributed by atoms with Gasteiger partial charge in [-0.1, -0.05) is 13.8 Å².